The molecule has 0 amide bonds. The fourth-order valence-corrected chi connectivity index (χ4v) is 3.78. The number of hydrogen-bond donors (Lipinski definition) is 1. The molecular weight excluding hydrogens is 216 g/mol. The maximum absolute atomic E-state index is 3.73. The van der Waals surface area contributed by atoms with E-state index < -0.39 is 0 Å². The van der Waals surface area contributed by atoms with Crippen LogP contribution in [0.4, 0.5) is 0 Å². The van der Waals surface area contributed by atoms with E-state index in [9.17, 15) is 0 Å². The fraction of sp³-hybridized carbons (Fsp3) is 1.00. The second kappa shape index (κ2) is 6.87. The first-order chi connectivity index (χ1) is 7.60. The van der Waals surface area contributed by atoms with E-state index in [1.54, 1.807) is 0 Å². The number of thioether (sulfide) groups is 1. The van der Waals surface area contributed by atoms with Gasteiger partial charge < -0.3 is 10.2 Å². The van der Waals surface area contributed by atoms with Crippen LogP contribution in [0.15, 0.2) is 0 Å². The third-order valence-corrected chi connectivity index (χ3v) is 5.04. The molecule has 2 unspecified atom stereocenters. The van der Waals surface area contributed by atoms with Crippen LogP contribution >= 0.6 is 11.8 Å². The van der Waals surface area contributed by atoms with E-state index in [1.165, 1.54) is 37.2 Å². The Hall–Kier alpha value is 0.270. The van der Waals surface area contributed by atoms with E-state index >= 15 is 0 Å². The highest BCUT2D eigenvalue weighted by Gasteiger charge is 2.36. The Balaban J connectivity index is 2.33. The Bertz CT molecular complexity index is 188. The highest BCUT2D eigenvalue weighted by atomic mass is 32.2. The normalized spacial score (nSPS) is 27.6. The molecule has 0 aliphatic carbocycles. The lowest BCUT2D eigenvalue weighted by Crippen LogP contribution is -2.53. The summed E-state index contributed by atoms with van der Waals surface area (Å²) in [7, 11) is 4.45. The summed E-state index contributed by atoms with van der Waals surface area (Å²) in [6.07, 6.45) is 5.30. The minimum Gasteiger partial charge on any atom is -0.312 e. The number of likely N-dealkylation sites (N-methyl/N-ethyl adjacent to an activating group) is 1. The summed E-state index contributed by atoms with van der Waals surface area (Å²) in [5.74, 6) is 2.61. The molecule has 1 heterocycles. The van der Waals surface area contributed by atoms with E-state index in [0.29, 0.717) is 11.6 Å². The van der Waals surface area contributed by atoms with Gasteiger partial charge in [0.2, 0.25) is 0 Å². The van der Waals surface area contributed by atoms with Gasteiger partial charge in [0, 0.05) is 23.9 Å². The standard InChI is InChI=1S/C13H28N2S/c1-5-6-7-12(2)14-10-13(15(3)4)8-9-16-11-13/h12,14H,5-11H2,1-4H3. The lowest BCUT2D eigenvalue weighted by Gasteiger charge is -2.37. The van der Waals surface area contributed by atoms with Gasteiger partial charge >= 0.3 is 0 Å². The van der Waals surface area contributed by atoms with Crippen LogP contribution in [0.2, 0.25) is 0 Å². The fourth-order valence-electron chi connectivity index (χ4n) is 2.22. The summed E-state index contributed by atoms with van der Waals surface area (Å²) in [6, 6.07) is 0.669. The minimum absolute atomic E-state index is 0.408. The number of unbranched alkanes of at least 4 members (excludes halogenated alkanes) is 1. The highest BCUT2D eigenvalue weighted by Crippen LogP contribution is 2.31. The van der Waals surface area contributed by atoms with Crippen LogP contribution in [0.3, 0.4) is 0 Å². The summed E-state index contributed by atoms with van der Waals surface area (Å²) >= 11 is 2.10. The van der Waals surface area contributed by atoms with Gasteiger partial charge in [-0.1, -0.05) is 19.8 Å². The first kappa shape index (κ1) is 14.3. The molecule has 0 spiro atoms. The first-order valence-electron chi connectivity index (χ1n) is 6.59. The second-order valence-corrected chi connectivity index (χ2v) is 6.45. The predicted octanol–water partition coefficient (Wildman–Crippen LogP) is 2.59. The van der Waals surface area contributed by atoms with E-state index in [-0.39, 0.29) is 0 Å². The average molecular weight is 244 g/mol. The number of hydrogen-bond acceptors (Lipinski definition) is 3. The molecular formula is C13H28N2S. The Morgan fingerprint density at radius 2 is 2.19 bits per heavy atom. The third kappa shape index (κ3) is 3.94. The molecule has 16 heavy (non-hydrogen) atoms. The van der Waals surface area contributed by atoms with Crippen LogP contribution in [0.1, 0.15) is 39.5 Å². The maximum atomic E-state index is 3.73. The quantitative estimate of drug-likeness (QED) is 0.741. The summed E-state index contributed by atoms with van der Waals surface area (Å²) in [5, 5.41) is 3.73. The number of nitrogens with zero attached hydrogens (tertiary/aromatic N) is 1. The Morgan fingerprint density at radius 1 is 1.44 bits per heavy atom. The molecule has 96 valence electrons. The van der Waals surface area contributed by atoms with Crippen molar-refractivity contribution in [2.75, 3.05) is 32.1 Å². The zero-order chi connectivity index (χ0) is 12.0. The Labute approximate surface area is 106 Å². The van der Waals surface area contributed by atoms with Crippen molar-refractivity contribution in [1.29, 1.82) is 0 Å². The molecule has 2 atom stereocenters. The zero-order valence-corrected chi connectivity index (χ0v) is 12.2. The molecule has 1 aliphatic heterocycles. The molecule has 0 saturated carbocycles. The summed E-state index contributed by atoms with van der Waals surface area (Å²) in [6.45, 7) is 5.74. The van der Waals surface area contributed by atoms with Gasteiger partial charge in [-0.15, -0.1) is 0 Å². The summed E-state index contributed by atoms with van der Waals surface area (Å²) < 4.78 is 0. The molecule has 0 radical (unpaired) electrons. The molecule has 1 N–H and O–H groups in total. The van der Waals surface area contributed by atoms with Crippen molar-refractivity contribution in [3.63, 3.8) is 0 Å². The Morgan fingerprint density at radius 3 is 2.69 bits per heavy atom. The van der Waals surface area contributed by atoms with Gasteiger partial charge in [-0.3, -0.25) is 0 Å². The van der Waals surface area contributed by atoms with Crippen LogP contribution < -0.4 is 5.32 Å². The topological polar surface area (TPSA) is 15.3 Å². The van der Waals surface area contributed by atoms with Gasteiger partial charge in [-0.25, -0.2) is 0 Å². The largest absolute Gasteiger partial charge is 0.312 e. The summed E-state index contributed by atoms with van der Waals surface area (Å²) in [4.78, 5) is 2.42. The molecule has 1 saturated heterocycles. The van der Waals surface area contributed by atoms with Crippen LogP contribution in [0.25, 0.3) is 0 Å². The number of rotatable bonds is 7. The van der Waals surface area contributed by atoms with Gasteiger partial charge in [0.15, 0.2) is 0 Å². The molecule has 2 nitrogen and oxygen atoms in total. The average Bonchev–Trinajstić information content (AvgIpc) is 2.73. The van der Waals surface area contributed by atoms with Gasteiger partial charge in [0.1, 0.15) is 0 Å². The van der Waals surface area contributed by atoms with Crippen molar-refractivity contribution in [1.82, 2.24) is 10.2 Å². The Kier molecular flexibility index (Phi) is 6.16. The molecule has 0 bridgehead atoms. The van der Waals surface area contributed by atoms with E-state index in [2.05, 4.69) is 49.9 Å². The molecule has 1 rings (SSSR count). The lowest BCUT2D eigenvalue weighted by atomic mass is 9.96. The van der Waals surface area contributed by atoms with Crippen molar-refractivity contribution in [3.05, 3.63) is 0 Å². The van der Waals surface area contributed by atoms with Crippen LogP contribution in [0.5, 0.6) is 0 Å². The molecule has 1 aliphatic rings. The third-order valence-electron chi connectivity index (χ3n) is 3.80. The van der Waals surface area contributed by atoms with E-state index in [4.69, 9.17) is 0 Å². The first-order valence-corrected chi connectivity index (χ1v) is 7.75. The van der Waals surface area contributed by atoms with E-state index in [1.807, 2.05) is 0 Å². The lowest BCUT2D eigenvalue weighted by molar-refractivity contribution is 0.170. The number of nitrogens with one attached hydrogen (secondary N) is 1. The zero-order valence-electron chi connectivity index (χ0n) is 11.4. The van der Waals surface area contributed by atoms with Crippen LogP contribution in [-0.4, -0.2) is 48.6 Å². The van der Waals surface area contributed by atoms with Crippen molar-refractivity contribution >= 4 is 11.8 Å². The van der Waals surface area contributed by atoms with Gasteiger partial charge in [0.05, 0.1) is 0 Å². The SMILES string of the molecule is CCCCC(C)NCC1(N(C)C)CCSC1. The van der Waals surface area contributed by atoms with Gasteiger partial charge in [0.25, 0.3) is 0 Å². The van der Waals surface area contributed by atoms with Crippen molar-refractivity contribution in [2.24, 2.45) is 0 Å². The van der Waals surface area contributed by atoms with Crippen LogP contribution in [-0.2, 0) is 0 Å². The second-order valence-electron chi connectivity index (χ2n) is 5.35. The van der Waals surface area contributed by atoms with E-state index in [0.717, 1.165) is 6.54 Å². The highest BCUT2D eigenvalue weighted by molar-refractivity contribution is 7.99. The molecule has 0 aromatic rings. The van der Waals surface area contributed by atoms with Gasteiger partial charge in [-0.2, -0.15) is 11.8 Å². The van der Waals surface area contributed by atoms with Gasteiger partial charge in [-0.05, 0) is 39.6 Å². The summed E-state index contributed by atoms with van der Waals surface area (Å²) in [5.41, 5.74) is 0.408. The molecule has 1 fully saturated rings. The van der Waals surface area contributed by atoms with Crippen molar-refractivity contribution in [2.45, 2.75) is 51.1 Å². The molecule has 0 aromatic carbocycles. The van der Waals surface area contributed by atoms with Crippen molar-refractivity contribution in [3.8, 4) is 0 Å². The van der Waals surface area contributed by atoms with Crippen LogP contribution in [0, 0.1) is 0 Å². The molecule has 3 heteroatoms. The smallest absolute Gasteiger partial charge is 0.0425 e. The maximum Gasteiger partial charge on any atom is 0.0425 e. The monoisotopic (exact) mass is 244 g/mol. The van der Waals surface area contributed by atoms with Crippen molar-refractivity contribution < 1.29 is 0 Å². The predicted molar refractivity (Wildman–Crippen MR) is 75.3 cm³/mol. The minimum atomic E-state index is 0.408. The molecule has 0 aromatic heterocycles.